The lowest BCUT2D eigenvalue weighted by atomic mass is 10.2. The van der Waals surface area contributed by atoms with Gasteiger partial charge in [-0.05, 0) is 12.1 Å². The summed E-state index contributed by atoms with van der Waals surface area (Å²) in [5.41, 5.74) is 3.82. The second-order valence-electron chi connectivity index (χ2n) is 3.96. The predicted octanol–water partition coefficient (Wildman–Crippen LogP) is 1.58. The standard InChI is InChI=1S/C11H14ClN3O3/c12-10-1-2-11(15(16)17)9(7-10)8-13-14-3-5-18-6-4-14/h1-2,7,13H,3-6,8H2. The normalized spacial score (nSPS) is 16.7. The lowest BCUT2D eigenvalue weighted by molar-refractivity contribution is -0.385. The summed E-state index contributed by atoms with van der Waals surface area (Å²) in [5, 5.41) is 13.4. The minimum absolute atomic E-state index is 0.0835. The largest absolute Gasteiger partial charge is 0.379 e. The molecule has 0 unspecified atom stereocenters. The first-order valence-corrected chi connectivity index (χ1v) is 6.03. The smallest absolute Gasteiger partial charge is 0.274 e. The molecule has 1 aromatic rings. The van der Waals surface area contributed by atoms with Gasteiger partial charge in [-0.25, -0.2) is 5.01 Å². The first-order valence-electron chi connectivity index (χ1n) is 5.66. The van der Waals surface area contributed by atoms with Gasteiger partial charge in [-0.15, -0.1) is 0 Å². The maximum atomic E-state index is 10.9. The third-order valence-corrected chi connectivity index (χ3v) is 2.98. The van der Waals surface area contributed by atoms with Crippen molar-refractivity contribution in [2.75, 3.05) is 26.3 Å². The van der Waals surface area contributed by atoms with Crippen LogP contribution in [0.5, 0.6) is 0 Å². The molecule has 6 nitrogen and oxygen atoms in total. The first kappa shape index (κ1) is 13.2. The van der Waals surface area contributed by atoms with Crippen molar-refractivity contribution < 1.29 is 9.66 Å². The molecule has 0 saturated carbocycles. The predicted molar refractivity (Wildman–Crippen MR) is 67.3 cm³/mol. The number of halogens is 1. The molecule has 1 aliphatic rings. The Bertz CT molecular complexity index is 436. The minimum atomic E-state index is -0.396. The van der Waals surface area contributed by atoms with Gasteiger partial charge in [0.2, 0.25) is 0 Å². The van der Waals surface area contributed by atoms with E-state index < -0.39 is 4.92 Å². The number of nitro benzene ring substituents is 1. The fourth-order valence-corrected chi connectivity index (χ4v) is 1.99. The van der Waals surface area contributed by atoms with E-state index >= 15 is 0 Å². The topological polar surface area (TPSA) is 67.6 Å². The van der Waals surface area contributed by atoms with Gasteiger partial charge in [0.25, 0.3) is 5.69 Å². The van der Waals surface area contributed by atoms with Crippen molar-refractivity contribution in [3.8, 4) is 0 Å². The second kappa shape index (κ2) is 6.10. The highest BCUT2D eigenvalue weighted by molar-refractivity contribution is 6.30. The third-order valence-electron chi connectivity index (χ3n) is 2.74. The number of nitrogens with zero attached hydrogens (tertiary/aromatic N) is 2. The van der Waals surface area contributed by atoms with Crippen LogP contribution in [0, 0.1) is 10.1 Å². The lowest BCUT2D eigenvalue weighted by Gasteiger charge is -2.27. The number of rotatable bonds is 4. The summed E-state index contributed by atoms with van der Waals surface area (Å²) in [6, 6.07) is 4.57. The Balaban J connectivity index is 2.03. The Labute approximate surface area is 110 Å². The number of hydrogen-bond donors (Lipinski definition) is 1. The number of morpholine rings is 1. The summed E-state index contributed by atoms with van der Waals surface area (Å²) < 4.78 is 5.22. The Hall–Kier alpha value is -1.21. The minimum Gasteiger partial charge on any atom is -0.379 e. The zero-order valence-electron chi connectivity index (χ0n) is 9.76. The molecule has 1 aromatic carbocycles. The molecule has 18 heavy (non-hydrogen) atoms. The molecule has 0 aliphatic carbocycles. The second-order valence-corrected chi connectivity index (χ2v) is 4.40. The number of hydrazine groups is 1. The van der Waals surface area contributed by atoms with E-state index in [9.17, 15) is 10.1 Å². The quantitative estimate of drug-likeness (QED) is 0.665. The van der Waals surface area contributed by atoms with Crippen molar-refractivity contribution in [1.82, 2.24) is 10.4 Å². The number of nitro groups is 1. The van der Waals surface area contributed by atoms with Crippen molar-refractivity contribution in [2.24, 2.45) is 0 Å². The third kappa shape index (κ3) is 3.39. The fourth-order valence-electron chi connectivity index (χ4n) is 1.79. The number of nitrogens with one attached hydrogen (secondary N) is 1. The molecule has 1 heterocycles. The molecule has 0 amide bonds. The maximum absolute atomic E-state index is 10.9. The van der Waals surface area contributed by atoms with E-state index in [1.54, 1.807) is 6.07 Å². The highest BCUT2D eigenvalue weighted by Gasteiger charge is 2.15. The van der Waals surface area contributed by atoms with Crippen LogP contribution in [-0.2, 0) is 11.3 Å². The molecule has 0 aromatic heterocycles. The molecule has 7 heteroatoms. The average Bonchev–Trinajstić information content (AvgIpc) is 2.37. The Morgan fingerprint density at radius 1 is 1.44 bits per heavy atom. The van der Waals surface area contributed by atoms with Gasteiger partial charge in [-0.2, -0.15) is 0 Å². The van der Waals surface area contributed by atoms with Crippen LogP contribution in [0.3, 0.4) is 0 Å². The summed E-state index contributed by atoms with van der Waals surface area (Å²) >= 11 is 5.86. The molecular weight excluding hydrogens is 258 g/mol. The van der Waals surface area contributed by atoms with Crippen LogP contribution in [0.4, 0.5) is 5.69 Å². The fraction of sp³-hybridized carbons (Fsp3) is 0.455. The molecular formula is C11H14ClN3O3. The van der Waals surface area contributed by atoms with Gasteiger partial charge in [-0.3, -0.25) is 15.5 Å². The van der Waals surface area contributed by atoms with Gasteiger partial charge < -0.3 is 4.74 Å². The molecule has 1 saturated heterocycles. The summed E-state index contributed by atoms with van der Waals surface area (Å²) in [6.45, 7) is 3.27. The van der Waals surface area contributed by atoms with Gasteiger partial charge in [0.05, 0.1) is 18.1 Å². The van der Waals surface area contributed by atoms with Gasteiger partial charge in [0, 0.05) is 36.3 Å². The van der Waals surface area contributed by atoms with Crippen molar-refractivity contribution >= 4 is 17.3 Å². The Kier molecular flexibility index (Phi) is 4.48. The van der Waals surface area contributed by atoms with Crippen LogP contribution in [0.2, 0.25) is 5.02 Å². The van der Waals surface area contributed by atoms with Crippen LogP contribution < -0.4 is 5.43 Å². The zero-order valence-corrected chi connectivity index (χ0v) is 10.5. The SMILES string of the molecule is O=[N+]([O-])c1ccc(Cl)cc1CNN1CCOCC1. The number of hydrogen-bond acceptors (Lipinski definition) is 5. The highest BCUT2D eigenvalue weighted by atomic mass is 35.5. The molecule has 0 radical (unpaired) electrons. The van der Waals surface area contributed by atoms with Crippen LogP contribution in [-0.4, -0.2) is 36.2 Å². The summed E-state index contributed by atoms with van der Waals surface area (Å²) in [6.07, 6.45) is 0. The van der Waals surface area contributed by atoms with Crippen LogP contribution in [0.1, 0.15) is 5.56 Å². The van der Waals surface area contributed by atoms with Gasteiger partial charge in [-0.1, -0.05) is 11.6 Å². The molecule has 1 N–H and O–H groups in total. The van der Waals surface area contributed by atoms with E-state index in [0.29, 0.717) is 30.3 Å². The summed E-state index contributed by atoms with van der Waals surface area (Å²) in [4.78, 5) is 10.5. The Morgan fingerprint density at radius 3 is 2.83 bits per heavy atom. The van der Waals surface area contributed by atoms with Gasteiger partial charge in [0.1, 0.15) is 0 Å². The summed E-state index contributed by atoms with van der Waals surface area (Å²) in [7, 11) is 0. The number of benzene rings is 1. The molecule has 1 aliphatic heterocycles. The van der Waals surface area contributed by atoms with Gasteiger partial charge >= 0.3 is 0 Å². The maximum Gasteiger partial charge on any atom is 0.274 e. The van der Waals surface area contributed by atoms with Crippen LogP contribution >= 0.6 is 11.6 Å². The first-order chi connectivity index (χ1) is 8.66. The average molecular weight is 272 g/mol. The van der Waals surface area contributed by atoms with E-state index in [0.717, 1.165) is 13.1 Å². The van der Waals surface area contributed by atoms with Crippen molar-refractivity contribution in [2.45, 2.75) is 6.54 Å². The monoisotopic (exact) mass is 271 g/mol. The van der Waals surface area contributed by atoms with E-state index in [4.69, 9.17) is 16.3 Å². The molecule has 0 spiro atoms. The van der Waals surface area contributed by atoms with E-state index in [-0.39, 0.29) is 5.69 Å². The number of ether oxygens (including phenoxy) is 1. The zero-order chi connectivity index (χ0) is 13.0. The van der Waals surface area contributed by atoms with E-state index in [1.807, 2.05) is 5.01 Å². The molecule has 0 atom stereocenters. The molecule has 1 fully saturated rings. The van der Waals surface area contributed by atoms with Gasteiger partial charge in [0.15, 0.2) is 0 Å². The highest BCUT2D eigenvalue weighted by Crippen LogP contribution is 2.22. The van der Waals surface area contributed by atoms with E-state index in [2.05, 4.69) is 5.43 Å². The molecule has 2 rings (SSSR count). The molecule has 0 bridgehead atoms. The molecule has 98 valence electrons. The van der Waals surface area contributed by atoms with Crippen molar-refractivity contribution in [1.29, 1.82) is 0 Å². The van der Waals surface area contributed by atoms with Crippen LogP contribution in [0.15, 0.2) is 18.2 Å². The van der Waals surface area contributed by atoms with Crippen molar-refractivity contribution in [3.63, 3.8) is 0 Å². The Morgan fingerprint density at radius 2 is 2.17 bits per heavy atom. The van der Waals surface area contributed by atoms with Crippen LogP contribution in [0.25, 0.3) is 0 Å². The lowest BCUT2D eigenvalue weighted by Crippen LogP contribution is -2.45. The van der Waals surface area contributed by atoms with Crippen molar-refractivity contribution in [3.05, 3.63) is 38.9 Å². The summed E-state index contributed by atoms with van der Waals surface area (Å²) in [5.74, 6) is 0. The van der Waals surface area contributed by atoms with E-state index in [1.165, 1.54) is 12.1 Å².